The van der Waals surface area contributed by atoms with Crippen LogP contribution in [0.25, 0.3) is 0 Å². The number of nitrogens with one attached hydrogen (secondary N) is 1. The molecule has 0 unspecified atom stereocenters. The standard InChI is InChI=1S/C25H30F3N3O6S.ClH/c26-25(27,28)37-22-8-6-20(7-9-22)36-21-10-14-31(15-11-21)38(34,35)24(23(32)29-33)12-16-30(17-13-24)18-19-4-2-1-3-5-19;/h1-9,21,33H,10-18H2,(H,29,32);1H. The maximum absolute atomic E-state index is 13.7. The number of amides is 1. The quantitative estimate of drug-likeness (QED) is 0.355. The number of nitrogens with zero attached hydrogens (tertiary/aromatic N) is 2. The van der Waals surface area contributed by atoms with Crippen molar-refractivity contribution in [3.8, 4) is 11.5 Å². The third-order valence-corrected chi connectivity index (χ3v) is 9.65. The number of hydrogen-bond acceptors (Lipinski definition) is 7. The minimum atomic E-state index is -4.79. The topological polar surface area (TPSA) is 108 Å². The molecule has 0 atom stereocenters. The number of carbonyl (C=O) groups is 1. The van der Waals surface area contributed by atoms with Crippen LogP contribution in [0.1, 0.15) is 31.2 Å². The van der Waals surface area contributed by atoms with Gasteiger partial charge in [-0.1, -0.05) is 30.3 Å². The molecule has 0 aliphatic carbocycles. The number of ether oxygens (including phenoxy) is 2. The van der Waals surface area contributed by atoms with Crippen LogP contribution in [-0.4, -0.2) is 72.1 Å². The molecule has 0 saturated carbocycles. The molecule has 0 radical (unpaired) electrons. The molecule has 39 heavy (non-hydrogen) atoms. The van der Waals surface area contributed by atoms with Gasteiger partial charge in [-0.15, -0.1) is 25.6 Å². The summed E-state index contributed by atoms with van der Waals surface area (Å²) >= 11 is 0. The molecule has 0 aromatic heterocycles. The highest BCUT2D eigenvalue weighted by atomic mass is 35.5. The molecule has 2 aliphatic rings. The summed E-state index contributed by atoms with van der Waals surface area (Å²) in [6.07, 6.45) is -4.40. The number of halogens is 4. The van der Waals surface area contributed by atoms with Crippen molar-refractivity contribution in [3.05, 3.63) is 60.2 Å². The minimum Gasteiger partial charge on any atom is -0.490 e. The molecule has 2 aliphatic heterocycles. The van der Waals surface area contributed by atoms with Crippen molar-refractivity contribution < 1.29 is 41.1 Å². The SMILES string of the molecule is Cl.O=C(NO)C1(S(=O)(=O)N2CCC(Oc3ccc(OC(F)(F)F)cc3)CC2)CCN(Cc2ccccc2)CC1. The molecule has 1 amide bonds. The van der Waals surface area contributed by atoms with E-state index in [1.165, 1.54) is 16.4 Å². The van der Waals surface area contributed by atoms with Gasteiger partial charge in [0.25, 0.3) is 5.91 Å². The molecule has 9 nitrogen and oxygen atoms in total. The molecule has 2 aromatic rings. The lowest BCUT2D eigenvalue weighted by Gasteiger charge is -2.43. The molecule has 14 heteroatoms. The number of hydroxylamine groups is 1. The number of benzene rings is 2. The van der Waals surface area contributed by atoms with Gasteiger partial charge in [0, 0.05) is 32.7 Å². The smallest absolute Gasteiger partial charge is 0.490 e. The molecule has 4 rings (SSSR count). The average molecular weight is 594 g/mol. The van der Waals surface area contributed by atoms with Crippen molar-refractivity contribution in [2.75, 3.05) is 26.2 Å². The Morgan fingerprint density at radius 2 is 1.54 bits per heavy atom. The van der Waals surface area contributed by atoms with Crippen molar-refractivity contribution >= 4 is 28.3 Å². The van der Waals surface area contributed by atoms with Crippen LogP contribution in [-0.2, 0) is 21.4 Å². The fraction of sp³-hybridized carbons (Fsp3) is 0.480. The minimum absolute atomic E-state index is 0. The van der Waals surface area contributed by atoms with E-state index in [1.807, 2.05) is 30.3 Å². The first-order valence-corrected chi connectivity index (χ1v) is 13.7. The molecule has 0 bridgehead atoms. The van der Waals surface area contributed by atoms with Gasteiger partial charge in [0.2, 0.25) is 10.0 Å². The van der Waals surface area contributed by atoms with Crippen LogP contribution in [0.3, 0.4) is 0 Å². The van der Waals surface area contributed by atoms with Gasteiger partial charge in [0.1, 0.15) is 17.6 Å². The van der Waals surface area contributed by atoms with Crippen LogP contribution in [0, 0.1) is 0 Å². The highest BCUT2D eigenvalue weighted by Crippen LogP contribution is 2.36. The lowest BCUT2D eigenvalue weighted by molar-refractivity contribution is -0.274. The van der Waals surface area contributed by atoms with E-state index in [4.69, 9.17) is 4.74 Å². The van der Waals surface area contributed by atoms with Gasteiger partial charge < -0.3 is 9.47 Å². The summed E-state index contributed by atoms with van der Waals surface area (Å²) in [6, 6.07) is 14.7. The predicted molar refractivity (Wildman–Crippen MR) is 138 cm³/mol. The van der Waals surface area contributed by atoms with E-state index in [2.05, 4.69) is 9.64 Å². The number of rotatable bonds is 8. The van der Waals surface area contributed by atoms with E-state index in [0.29, 0.717) is 38.2 Å². The zero-order valence-corrected chi connectivity index (χ0v) is 22.6. The third-order valence-electron chi connectivity index (χ3n) is 7.02. The van der Waals surface area contributed by atoms with Crippen LogP contribution in [0.4, 0.5) is 13.2 Å². The maximum Gasteiger partial charge on any atom is 0.573 e. The van der Waals surface area contributed by atoms with Crippen molar-refractivity contribution in [3.63, 3.8) is 0 Å². The first-order chi connectivity index (χ1) is 18.0. The Morgan fingerprint density at radius 3 is 2.08 bits per heavy atom. The van der Waals surface area contributed by atoms with Gasteiger partial charge in [0.15, 0.2) is 4.75 Å². The number of piperidine rings is 2. The Balaban J connectivity index is 0.00000420. The van der Waals surface area contributed by atoms with Crippen LogP contribution >= 0.6 is 12.4 Å². The molecule has 2 heterocycles. The zero-order chi connectivity index (χ0) is 27.4. The molecule has 216 valence electrons. The third kappa shape index (κ3) is 7.34. The summed E-state index contributed by atoms with van der Waals surface area (Å²) in [5, 5.41) is 9.42. The molecule has 2 N–H and O–H groups in total. The van der Waals surface area contributed by atoms with Crippen LogP contribution in [0.15, 0.2) is 54.6 Å². The molecule has 2 saturated heterocycles. The highest BCUT2D eigenvalue weighted by molar-refractivity contribution is 7.91. The molecule has 0 spiro atoms. The largest absolute Gasteiger partial charge is 0.573 e. The number of hydrogen-bond donors (Lipinski definition) is 2. The first kappa shape index (κ1) is 31.0. The Kier molecular flexibility index (Phi) is 10.1. The van der Waals surface area contributed by atoms with E-state index in [9.17, 15) is 31.6 Å². The summed E-state index contributed by atoms with van der Waals surface area (Å²) < 4.78 is 73.7. The normalized spacial score (nSPS) is 19.1. The van der Waals surface area contributed by atoms with Gasteiger partial charge in [-0.2, -0.15) is 0 Å². The Labute approximate surface area is 231 Å². The predicted octanol–water partition coefficient (Wildman–Crippen LogP) is 3.72. The average Bonchev–Trinajstić information content (AvgIpc) is 2.90. The second-order valence-electron chi connectivity index (χ2n) is 9.44. The summed E-state index contributed by atoms with van der Waals surface area (Å²) in [5.74, 6) is -0.966. The van der Waals surface area contributed by atoms with Crippen LogP contribution < -0.4 is 15.0 Å². The highest BCUT2D eigenvalue weighted by Gasteiger charge is 2.55. The Morgan fingerprint density at radius 1 is 0.974 bits per heavy atom. The van der Waals surface area contributed by atoms with E-state index in [-0.39, 0.29) is 50.2 Å². The van der Waals surface area contributed by atoms with Crippen LogP contribution in [0.5, 0.6) is 11.5 Å². The molecule has 2 fully saturated rings. The zero-order valence-electron chi connectivity index (χ0n) is 21.0. The molecular formula is C25H31ClF3N3O6S. The van der Waals surface area contributed by atoms with E-state index >= 15 is 0 Å². The Hall–Kier alpha value is -2.58. The van der Waals surface area contributed by atoms with E-state index in [0.717, 1.165) is 17.7 Å². The van der Waals surface area contributed by atoms with Crippen molar-refractivity contribution in [1.29, 1.82) is 0 Å². The molecular weight excluding hydrogens is 563 g/mol. The molecule has 2 aromatic carbocycles. The van der Waals surface area contributed by atoms with Gasteiger partial charge in [-0.25, -0.2) is 18.2 Å². The maximum atomic E-state index is 13.7. The van der Waals surface area contributed by atoms with E-state index in [1.54, 1.807) is 5.48 Å². The number of carbonyl (C=O) groups excluding carboxylic acids is 1. The van der Waals surface area contributed by atoms with Gasteiger partial charge in [-0.3, -0.25) is 14.9 Å². The first-order valence-electron chi connectivity index (χ1n) is 12.3. The van der Waals surface area contributed by atoms with Gasteiger partial charge in [0.05, 0.1) is 0 Å². The number of alkyl halides is 3. The number of sulfonamides is 1. The summed E-state index contributed by atoms with van der Waals surface area (Å²) in [5.41, 5.74) is 2.66. The van der Waals surface area contributed by atoms with Gasteiger partial charge in [-0.05, 0) is 55.5 Å². The van der Waals surface area contributed by atoms with E-state index < -0.39 is 27.0 Å². The lowest BCUT2D eigenvalue weighted by atomic mass is 9.94. The fourth-order valence-electron chi connectivity index (χ4n) is 4.97. The van der Waals surface area contributed by atoms with Crippen molar-refractivity contribution in [1.82, 2.24) is 14.7 Å². The summed E-state index contributed by atoms with van der Waals surface area (Å²) in [6.45, 7) is 1.58. The van der Waals surface area contributed by atoms with Crippen LogP contribution in [0.2, 0.25) is 0 Å². The monoisotopic (exact) mass is 593 g/mol. The summed E-state index contributed by atoms with van der Waals surface area (Å²) in [4.78, 5) is 14.9. The fourth-order valence-corrected chi connectivity index (χ4v) is 7.13. The second kappa shape index (κ2) is 12.7. The van der Waals surface area contributed by atoms with Crippen molar-refractivity contribution in [2.45, 2.75) is 49.4 Å². The lowest BCUT2D eigenvalue weighted by Crippen LogP contribution is -2.62. The van der Waals surface area contributed by atoms with Gasteiger partial charge >= 0.3 is 6.36 Å². The second-order valence-corrected chi connectivity index (χ2v) is 11.7. The van der Waals surface area contributed by atoms with Crippen molar-refractivity contribution in [2.24, 2.45) is 0 Å². The summed E-state index contributed by atoms with van der Waals surface area (Å²) in [7, 11) is -4.12. The Bertz CT molecular complexity index is 1190. The number of likely N-dealkylation sites (tertiary alicyclic amines) is 1.